The zero-order valence-electron chi connectivity index (χ0n) is 10.2. The average molecular weight is 369 g/mol. The molecule has 1 nitrogen and oxygen atoms in total. The van der Waals surface area contributed by atoms with Crippen molar-refractivity contribution in [3.8, 4) is 0 Å². The highest BCUT2D eigenvalue weighted by Crippen LogP contribution is 2.16. The van der Waals surface area contributed by atoms with Crippen molar-refractivity contribution in [3.63, 3.8) is 0 Å². The van der Waals surface area contributed by atoms with E-state index in [0.29, 0.717) is 0 Å². The Balaban J connectivity index is 1.98. The van der Waals surface area contributed by atoms with Crippen LogP contribution in [-0.4, -0.2) is 11.9 Å². The van der Waals surface area contributed by atoms with Crippen LogP contribution in [0.3, 0.4) is 0 Å². The van der Waals surface area contributed by atoms with Gasteiger partial charge in [-0.1, -0.05) is 56.1 Å². The molecular formula is C15H15Br2N. The van der Waals surface area contributed by atoms with Crippen LogP contribution < -0.4 is 0 Å². The summed E-state index contributed by atoms with van der Waals surface area (Å²) >= 11 is 7.01. The lowest BCUT2D eigenvalue weighted by atomic mass is 10.2. The van der Waals surface area contributed by atoms with Crippen molar-refractivity contribution in [1.29, 1.82) is 0 Å². The van der Waals surface area contributed by atoms with Crippen LogP contribution in [-0.2, 0) is 13.1 Å². The highest BCUT2D eigenvalue weighted by molar-refractivity contribution is 9.10. The van der Waals surface area contributed by atoms with Crippen molar-refractivity contribution in [1.82, 2.24) is 4.90 Å². The van der Waals surface area contributed by atoms with Crippen LogP contribution in [0.4, 0.5) is 0 Å². The molecule has 0 atom stereocenters. The van der Waals surface area contributed by atoms with Crippen LogP contribution in [0.2, 0.25) is 0 Å². The molecule has 0 saturated heterocycles. The van der Waals surface area contributed by atoms with Gasteiger partial charge in [0.05, 0.1) is 0 Å². The molecular weight excluding hydrogens is 354 g/mol. The Morgan fingerprint density at radius 1 is 0.833 bits per heavy atom. The maximum absolute atomic E-state index is 3.50. The molecule has 0 amide bonds. The minimum Gasteiger partial charge on any atom is -0.298 e. The molecule has 0 aromatic heterocycles. The van der Waals surface area contributed by atoms with Crippen molar-refractivity contribution in [3.05, 3.63) is 68.6 Å². The predicted molar refractivity (Wildman–Crippen MR) is 83.5 cm³/mol. The SMILES string of the molecule is CN(Cc1cccc(Br)c1)Cc1cccc(Br)c1. The van der Waals surface area contributed by atoms with Gasteiger partial charge in [-0.15, -0.1) is 0 Å². The molecule has 94 valence electrons. The molecule has 18 heavy (non-hydrogen) atoms. The summed E-state index contributed by atoms with van der Waals surface area (Å²) in [4.78, 5) is 2.31. The zero-order valence-corrected chi connectivity index (χ0v) is 13.4. The molecule has 0 fully saturated rings. The maximum atomic E-state index is 3.50. The minimum atomic E-state index is 0.950. The Labute approximate surface area is 125 Å². The van der Waals surface area contributed by atoms with Crippen LogP contribution in [0, 0.1) is 0 Å². The second kappa shape index (κ2) is 6.50. The zero-order chi connectivity index (χ0) is 13.0. The van der Waals surface area contributed by atoms with Gasteiger partial charge in [0, 0.05) is 22.0 Å². The lowest BCUT2D eigenvalue weighted by molar-refractivity contribution is 0.319. The number of rotatable bonds is 4. The van der Waals surface area contributed by atoms with Gasteiger partial charge >= 0.3 is 0 Å². The first-order valence-corrected chi connectivity index (χ1v) is 7.39. The molecule has 2 aromatic rings. The fourth-order valence-corrected chi connectivity index (χ4v) is 2.84. The molecule has 0 aliphatic rings. The van der Waals surface area contributed by atoms with E-state index in [1.165, 1.54) is 11.1 Å². The largest absolute Gasteiger partial charge is 0.298 e. The van der Waals surface area contributed by atoms with Gasteiger partial charge in [0.15, 0.2) is 0 Å². The van der Waals surface area contributed by atoms with Crippen LogP contribution in [0.25, 0.3) is 0 Å². The van der Waals surface area contributed by atoms with Crippen LogP contribution in [0.15, 0.2) is 57.5 Å². The Bertz CT molecular complexity index is 478. The van der Waals surface area contributed by atoms with Gasteiger partial charge in [-0.05, 0) is 42.4 Å². The van der Waals surface area contributed by atoms with E-state index in [9.17, 15) is 0 Å². The number of halogens is 2. The fraction of sp³-hybridized carbons (Fsp3) is 0.200. The van der Waals surface area contributed by atoms with Crippen molar-refractivity contribution < 1.29 is 0 Å². The Kier molecular flexibility index (Phi) is 4.98. The van der Waals surface area contributed by atoms with E-state index < -0.39 is 0 Å². The summed E-state index contributed by atoms with van der Waals surface area (Å²) in [5.41, 5.74) is 2.64. The fourth-order valence-electron chi connectivity index (χ4n) is 1.95. The second-order valence-corrected chi connectivity index (χ2v) is 6.26. The summed E-state index contributed by atoms with van der Waals surface area (Å²) in [6.07, 6.45) is 0. The molecule has 2 rings (SSSR count). The lowest BCUT2D eigenvalue weighted by Crippen LogP contribution is -2.17. The third-order valence-corrected chi connectivity index (χ3v) is 3.67. The van der Waals surface area contributed by atoms with Crippen LogP contribution >= 0.6 is 31.9 Å². The Morgan fingerprint density at radius 3 is 1.67 bits per heavy atom. The molecule has 2 aromatic carbocycles. The third-order valence-electron chi connectivity index (χ3n) is 2.68. The second-order valence-electron chi connectivity index (χ2n) is 4.43. The minimum absolute atomic E-state index is 0.950. The molecule has 0 unspecified atom stereocenters. The standard InChI is InChI=1S/C15H15Br2N/c1-18(10-12-4-2-6-14(16)8-12)11-13-5-3-7-15(17)9-13/h2-9H,10-11H2,1H3. The van der Waals surface area contributed by atoms with Gasteiger partial charge in [-0.3, -0.25) is 4.90 Å². The number of nitrogens with zero attached hydrogens (tertiary/aromatic N) is 1. The maximum Gasteiger partial charge on any atom is 0.0234 e. The molecule has 0 aliphatic heterocycles. The number of hydrogen-bond acceptors (Lipinski definition) is 1. The van der Waals surface area contributed by atoms with Crippen LogP contribution in [0.5, 0.6) is 0 Å². The summed E-state index contributed by atoms with van der Waals surface area (Å²) in [6, 6.07) is 16.9. The van der Waals surface area contributed by atoms with Gasteiger partial charge in [-0.2, -0.15) is 0 Å². The monoisotopic (exact) mass is 367 g/mol. The van der Waals surface area contributed by atoms with Crippen molar-refractivity contribution in [2.75, 3.05) is 7.05 Å². The normalized spacial score (nSPS) is 10.9. The van der Waals surface area contributed by atoms with E-state index in [-0.39, 0.29) is 0 Å². The highest BCUT2D eigenvalue weighted by atomic mass is 79.9. The first-order valence-electron chi connectivity index (χ1n) is 5.81. The van der Waals surface area contributed by atoms with E-state index in [4.69, 9.17) is 0 Å². The quantitative estimate of drug-likeness (QED) is 0.745. The average Bonchev–Trinajstić information content (AvgIpc) is 2.28. The first kappa shape index (κ1) is 13.8. The van der Waals surface area contributed by atoms with E-state index in [2.05, 4.69) is 92.3 Å². The van der Waals surface area contributed by atoms with Gasteiger partial charge in [-0.25, -0.2) is 0 Å². The van der Waals surface area contributed by atoms with Crippen molar-refractivity contribution in [2.45, 2.75) is 13.1 Å². The molecule has 0 aliphatic carbocycles. The van der Waals surface area contributed by atoms with E-state index in [0.717, 1.165) is 22.0 Å². The van der Waals surface area contributed by atoms with Crippen molar-refractivity contribution >= 4 is 31.9 Å². The summed E-state index contributed by atoms with van der Waals surface area (Å²) in [5, 5.41) is 0. The van der Waals surface area contributed by atoms with E-state index in [1.807, 2.05) is 0 Å². The molecule has 0 bridgehead atoms. The molecule has 0 saturated carbocycles. The summed E-state index contributed by atoms with van der Waals surface area (Å²) in [6.45, 7) is 1.90. The van der Waals surface area contributed by atoms with E-state index >= 15 is 0 Å². The summed E-state index contributed by atoms with van der Waals surface area (Å²) in [5.74, 6) is 0. The molecule has 0 radical (unpaired) electrons. The van der Waals surface area contributed by atoms with Gasteiger partial charge < -0.3 is 0 Å². The van der Waals surface area contributed by atoms with Gasteiger partial charge in [0.2, 0.25) is 0 Å². The predicted octanol–water partition coefficient (Wildman–Crippen LogP) is 4.84. The lowest BCUT2D eigenvalue weighted by Gasteiger charge is -2.17. The summed E-state index contributed by atoms with van der Waals surface area (Å²) in [7, 11) is 2.14. The topological polar surface area (TPSA) is 3.24 Å². The molecule has 0 spiro atoms. The first-order chi connectivity index (χ1) is 8.63. The smallest absolute Gasteiger partial charge is 0.0234 e. The van der Waals surface area contributed by atoms with E-state index in [1.54, 1.807) is 0 Å². The molecule has 3 heteroatoms. The summed E-state index contributed by atoms with van der Waals surface area (Å²) < 4.78 is 2.27. The Hall–Kier alpha value is -0.640. The Morgan fingerprint density at radius 2 is 1.28 bits per heavy atom. The molecule has 0 heterocycles. The number of hydrogen-bond donors (Lipinski definition) is 0. The third kappa shape index (κ3) is 4.23. The van der Waals surface area contributed by atoms with Gasteiger partial charge in [0.25, 0.3) is 0 Å². The molecule has 0 N–H and O–H groups in total. The van der Waals surface area contributed by atoms with Crippen LogP contribution in [0.1, 0.15) is 11.1 Å². The number of benzene rings is 2. The van der Waals surface area contributed by atoms with Crippen molar-refractivity contribution in [2.24, 2.45) is 0 Å². The van der Waals surface area contributed by atoms with Gasteiger partial charge in [0.1, 0.15) is 0 Å². The highest BCUT2D eigenvalue weighted by Gasteiger charge is 2.02.